The Bertz CT molecular complexity index is 785. The van der Waals surface area contributed by atoms with Crippen LogP contribution in [0.15, 0.2) is 54.7 Å². The van der Waals surface area contributed by atoms with Gasteiger partial charge in [0, 0.05) is 22.7 Å². The zero-order valence-electron chi connectivity index (χ0n) is 12.2. The van der Waals surface area contributed by atoms with E-state index < -0.39 is 0 Å². The number of ketones is 1. The molecule has 0 aliphatic carbocycles. The molecule has 0 radical (unpaired) electrons. The van der Waals surface area contributed by atoms with Gasteiger partial charge in [0.25, 0.3) is 0 Å². The highest BCUT2D eigenvalue weighted by Gasteiger charge is 2.09. The molecule has 0 bridgehead atoms. The zero-order chi connectivity index (χ0) is 14.8. The van der Waals surface area contributed by atoms with Crippen molar-refractivity contribution in [1.29, 1.82) is 0 Å². The fourth-order valence-electron chi connectivity index (χ4n) is 2.43. The predicted molar refractivity (Wildman–Crippen MR) is 84.0 cm³/mol. The van der Waals surface area contributed by atoms with Crippen LogP contribution in [0, 0.1) is 6.92 Å². The molecule has 3 nitrogen and oxygen atoms in total. The number of hydrogen-bond donors (Lipinski definition) is 0. The summed E-state index contributed by atoms with van der Waals surface area (Å²) in [6.07, 6.45) is 1.94. The molecule has 3 heteroatoms. The van der Waals surface area contributed by atoms with E-state index in [4.69, 9.17) is 4.74 Å². The third kappa shape index (κ3) is 2.68. The largest absolute Gasteiger partial charge is 0.497 e. The summed E-state index contributed by atoms with van der Waals surface area (Å²) in [6, 6.07) is 15.6. The highest BCUT2D eigenvalue weighted by atomic mass is 16.5. The van der Waals surface area contributed by atoms with Gasteiger partial charge in [-0.15, -0.1) is 0 Å². The summed E-state index contributed by atoms with van der Waals surface area (Å²) in [4.78, 5) is 12.3. The van der Waals surface area contributed by atoms with E-state index in [1.807, 2.05) is 66.2 Å². The van der Waals surface area contributed by atoms with Crippen molar-refractivity contribution in [1.82, 2.24) is 4.57 Å². The summed E-state index contributed by atoms with van der Waals surface area (Å²) < 4.78 is 7.19. The Morgan fingerprint density at radius 1 is 1.10 bits per heavy atom. The average Bonchev–Trinajstić information content (AvgIpc) is 2.90. The number of nitrogens with zero attached hydrogens (tertiary/aromatic N) is 1. The number of carbonyl (C=O) groups excluding carboxylic acids is 1. The van der Waals surface area contributed by atoms with Crippen molar-refractivity contribution in [3.8, 4) is 5.75 Å². The van der Waals surface area contributed by atoms with Crippen LogP contribution in [0.25, 0.3) is 10.9 Å². The van der Waals surface area contributed by atoms with Gasteiger partial charge in [0.05, 0.1) is 13.7 Å². The summed E-state index contributed by atoms with van der Waals surface area (Å²) >= 11 is 0. The van der Waals surface area contributed by atoms with Crippen LogP contribution in [0.4, 0.5) is 0 Å². The Hall–Kier alpha value is -2.55. The maximum Gasteiger partial charge on any atom is 0.182 e. The minimum Gasteiger partial charge on any atom is -0.497 e. The smallest absolute Gasteiger partial charge is 0.182 e. The zero-order valence-corrected chi connectivity index (χ0v) is 12.2. The van der Waals surface area contributed by atoms with Crippen molar-refractivity contribution >= 4 is 16.7 Å². The first-order chi connectivity index (χ1) is 10.2. The molecule has 1 heterocycles. The number of carbonyl (C=O) groups is 1. The summed E-state index contributed by atoms with van der Waals surface area (Å²) in [5, 5.41) is 1.08. The molecule has 21 heavy (non-hydrogen) atoms. The number of Topliss-reactive ketones (excluding diaryl/α,β-unsaturated/α-hetero) is 1. The summed E-state index contributed by atoms with van der Waals surface area (Å²) in [5.74, 6) is 0.938. The molecule has 0 spiro atoms. The van der Waals surface area contributed by atoms with Crippen LogP contribution in [0.2, 0.25) is 0 Å². The van der Waals surface area contributed by atoms with Crippen LogP contribution in [-0.4, -0.2) is 17.5 Å². The Morgan fingerprint density at radius 2 is 1.86 bits per heavy atom. The van der Waals surface area contributed by atoms with E-state index in [2.05, 4.69) is 0 Å². The van der Waals surface area contributed by atoms with Crippen LogP contribution in [0.1, 0.15) is 15.9 Å². The van der Waals surface area contributed by atoms with E-state index in [1.165, 1.54) is 0 Å². The van der Waals surface area contributed by atoms with Crippen LogP contribution in [-0.2, 0) is 6.54 Å². The van der Waals surface area contributed by atoms with Crippen LogP contribution >= 0.6 is 0 Å². The Kier molecular flexibility index (Phi) is 3.48. The van der Waals surface area contributed by atoms with E-state index >= 15 is 0 Å². The van der Waals surface area contributed by atoms with E-state index in [0.717, 1.165) is 27.8 Å². The second kappa shape index (κ2) is 5.44. The Morgan fingerprint density at radius 3 is 2.57 bits per heavy atom. The molecular weight excluding hydrogens is 262 g/mol. The van der Waals surface area contributed by atoms with Gasteiger partial charge < -0.3 is 9.30 Å². The van der Waals surface area contributed by atoms with Crippen molar-refractivity contribution < 1.29 is 9.53 Å². The van der Waals surface area contributed by atoms with E-state index in [-0.39, 0.29) is 5.78 Å². The molecule has 1 aromatic heterocycles. The lowest BCUT2D eigenvalue weighted by Crippen LogP contribution is -2.09. The van der Waals surface area contributed by atoms with Gasteiger partial charge >= 0.3 is 0 Å². The molecule has 3 aromatic rings. The summed E-state index contributed by atoms with van der Waals surface area (Å²) in [7, 11) is 1.65. The fourth-order valence-corrected chi connectivity index (χ4v) is 2.43. The number of aromatic nitrogens is 1. The Labute approximate surface area is 123 Å². The van der Waals surface area contributed by atoms with E-state index in [1.54, 1.807) is 7.11 Å². The average molecular weight is 279 g/mol. The molecule has 0 amide bonds. The van der Waals surface area contributed by atoms with E-state index in [0.29, 0.717) is 6.54 Å². The summed E-state index contributed by atoms with van der Waals surface area (Å²) in [6.45, 7) is 2.36. The lowest BCUT2D eigenvalue weighted by molar-refractivity contribution is 0.0973. The van der Waals surface area contributed by atoms with Gasteiger partial charge in [0.1, 0.15) is 5.75 Å². The number of hydrogen-bond acceptors (Lipinski definition) is 2. The molecule has 0 saturated heterocycles. The SMILES string of the molecule is COc1ccc2c(ccn2CC(=O)c2ccc(C)cc2)c1. The highest BCUT2D eigenvalue weighted by Crippen LogP contribution is 2.22. The third-order valence-corrected chi connectivity index (χ3v) is 3.67. The highest BCUT2D eigenvalue weighted by molar-refractivity contribution is 5.97. The molecule has 0 unspecified atom stereocenters. The number of rotatable bonds is 4. The molecule has 0 N–H and O–H groups in total. The lowest BCUT2D eigenvalue weighted by atomic mass is 10.1. The molecule has 0 saturated carbocycles. The normalized spacial score (nSPS) is 10.8. The standard InChI is InChI=1S/C18H17NO2/c1-13-3-5-14(6-4-13)18(20)12-19-10-9-15-11-16(21-2)7-8-17(15)19/h3-11H,12H2,1-2H3. The maximum atomic E-state index is 12.3. The molecule has 106 valence electrons. The maximum absolute atomic E-state index is 12.3. The first-order valence-electron chi connectivity index (χ1n) is 6.90. The van der Waals surface area contributed by atoms with Gasteiger partial charge in [-0.3, -0.25) is 4.79 Å². The first-order valence-corrected chi connectivity index (χ1v) is 6.90. The van der Waals surface area contributed by atoms with Gasteiger partial charge in [0.15, 0.2) is 5.78 Å². The second-order valence-corrected chi connectivity index (χ2v) is 5.16. The first kappa shape index (κ1) is 13.4. The van der Waals surface area contributed by atoms with Gasteiger partial charge in [-0.05, 0) is 31.2 Å². The fraction of sp³-hybridized carbons (Fsp3) is 0.167. The quantitative estimate of drug-likeness (QED) is 0.679. The van der Waals surface area contributed by atoms with Crippen molar-refractivity contribution in [2.24, 2.45) is 0 Å². The van der Waals surface area contributed by atoms with Crippen molar-refractivity contribution in [2.75, 3.05) is 7.11 Å². The van der Waals surface area contributed by atoms with E-state index in [9.17, 15) is 4.79 Å². The minimum absolute atomic E-state index is 0.114. The van der Waals surface area contributed by atoms with Gasteiger partial charge in [-0.2, -0.15) is 0 Å². The third-order valence-electron chi connectivity index (χ3n) is 3.67. The van der Waals surface area contributed by atoms with Crippen molar-refractivity contribution in [2.45, 2.75) is 13.5 Å². The van der Waals surface area contributed by atoms with Crippen LogP contribution in [0.5, 0.6) is 5.75 Å². The molecule has 0 fully saturated rings. The predicted octanol–water partition coefficient (Wildman–Crippen LogP) is 3.84. The number of benzene rings is 2. The number of methoxy groups -OCH3 is 1. The lowest BCUT2D eigenvalue weighted by Gasteiger charge is -2.06. The molecule has 3 rings (SSSR count). The van der Waals surface area contributed by atoms with Crippen LogP contribution in [0.3, 0.4) is 0 Å². The monoisotopic (exact) mass is 279 g/mol. The second-order valence-electron chi connectivity index (χ2n) is 5.16. The molecule has 0 aliphatic rings. The summed E-state index contributed by atoms with van der Waals surface area (Å²) in [5.41, 5.74) is 2.94. The topological polar surface area (TPSA) is 31.2 Å². The molecular formula is C18H17NO2. The van der Waals surface area contributed by atoms with Gasteiger partial charge in [-0.1, -0.05) is 29.8 Å². The minimum atomic E-state index is 0.114. The van der Waals surface area contributed by atoms with Gasteiger partial charge in [-0.25, -0.2) is 0 Å². The van der Waals surface area contributed by atoms with Crippen molar-refractivity contribution in [3.63, 3.8) is 0 Å². The number of fused-ring (bicyclic) bond motifs is 1. The molecule has 0 aliphatic heterocycles. The molecule has 0 atom stereocenters. The Balaban J connectivity index is 1.87. The van der Waals surface area contributed by atoms with Gasteiger partial charge in [0.2, 0.25) is 0 Å². The number of ether oxygens (including phenoxy) is 1. The van der Waals surface area contributed by atoms with Crippen molar-refractivity contribution in [3.05, 3.63) is 65.9 Å². The van der Waals surface area contributed by atoms with Crippen LogP contribution < -0.4 is 4.74 Å². The number of aryl methyl sites for hydroxylation is 1. The molecule has 2 aromatic carbocycles.